The van der Waals surface area contributed by atoms with Crippen molar-refractivity contribution in [3.8, 4) is 0 Å². The molecule has 7 heteroatoms. The minimum Gasteiger partial charge on any atom is -0.352 e. The molecule has 0 aromatic heterocycles. The molecule has 1 aromatic rings. The first-order chi connectivity index (χ1) is 11.0. The van der Waals surface area contributed by atoms with Crippen molar-refractivity contribution < 1.29 is 18.4 Å². The number of halogens is 2. The summed E-state index contributed by atoms with van der Waals surface area (Å²) in [6, 6.07) is 2.98. The van der Waals surface area contributed by atoms with Gasteiger partial charge in [0.25, 0.3) is 0 Å². The molecule has 5 nitrogen and oxygen atoms in total. The third-order valence-corrected chi connectivity index (χ3v) is 4.47. The summed E-state index contributed by atoms with van der Waals surface area (Å²) >= 11 is 0. The predicted octanol–water partition coefficient (Wildman–Crippen LogP) is 1.17. The average Bonchev–Trinajstić information content (AvgIpc) is 3.28. The zero-order chi connectivity index (χ0) is 16.6. The molecule has 3 N–H and O–H groups in total. The zero-order valence-electron chi connectivity index (χ0n) is 12.6. The third kappa shape index (κ3) is 3.34. The van der Waals surface area contributed by atoms with E-state index >= 15 is 0 Å². The van der Waals surface area contributed by atoms with Crippen molar-refractivity contribution in [1.82, 2.24) is 5.32 Å². The summed E-state index contributed by atoms with van der Waals surface area (Å²) in [7, 11) is 0. The molecule has 2 unspecified atom stereocenters. The van der Waals surface area contributed by atoms with Gasteiger partial charge in [0.15, 0.2) is 0 Å². The average molecular weight is 323 g/mol. The highest BCUT2D eigenvalue weighted by molar-refractivity contribution is 6.00. The summed E-state index contributed by atoms with van der Waals surface area (Å²) in [5.41, 5.74) is 5.67. The Hall–Kier alpha value is -2.02. The number of amides is 2. The maximum Gasteiger partial charge on any atom is 0.227 e. The topological polar surface area (TPSA) is 75.4 Å². The van der Waals surface area contributed by atoms with Gasteiger partial charge >= 0.3 is 0 Å². The van der Waals surface area contributed by atoms with Crippen LogP contribution in [0.3, 0.4) is 0 Å². The largest absolute Gasteiger partial charge is 0.352 e. The summed E-state index contributed by atoms with van der Waals surface area (Å²) in [6.07, 6.45) is 2.13. The van der Waals surface area contributed by atoms with Gasteiger partial charge < -0.3 is 16.0 Å². The highest BCUT2D eigenvalue weighted by Crippen LogP contribution is 2.33. The summed E-state index contributed by atoms with van der Waals surface area (Å²) in [5, 5.41) is 2.89. The number of carbonyl (C=O) groups excluding carboxylic acids is 2. The molecule has 0 spiro atoms. The van der Waals surface area contributed by atoms with Crippen LogP contribution in [0.2, 0.25) is 0 Å². The molecule has 2 atom stereocenters. The van der Waals surface area contributed by atoms with E-state index in [1.807, 2.05) is 0 Å². The first-order valence-corrected chi connectivity index (χ1v) is 7.75. The highest BCUT2D eigenvalue weighted by Gasteiger charge is 2.38. The Labute approximate surface area is 132 Å². The van der Waals surface area contributed by atoms with Crippen LogP contribution < -0.4 is 16.0 Å². The lowest BCUT2D eigenvalue weighted by molar-refractivity contribution is -0.127. The molecule has 23 heavy (non-hydrogen) atoms. The van der Waals surface area contributed by atoms with Crippen LogP contribution >= 0.6 is 0 Å². The lowest BCUT2D eigenvalue weighted by Crippen LogP contribution is -2.45. The Morgan fingerprint density at radius 2 is 2.13 bits per heavy atom. The van der Waals surface area contributed by atoms with Crippen molar-refractivity contribution in [2.24, 2.45) is 17.6 Å². The molecule has 124 valence electrons. The zero-order valence-corrected chi connectivity index (χ0v) is 12.6. The molecular weight excluding hydrogens is 304 g/mol. The van der Waals surface area contributed by atoms with E-state index < -0.39 is 17.6 Å². The first kappa shape index (κ1) is 15.9. The van der Waals surface area contributed by atoms with Crippen LogP contribution in [0, 0.1) is 23.5 Å². The van der Waals surface area contributed by atoms with Gasteiger partial charge in [0.05, 0.1) is 11.6 Å². The van der Waals surface area contributed by atoms with E-state index in [-0.39, 0.29) is 36.5 Å². The molecule has 2 aliphatic rings. The number of anilines is 1. The number of benzene rings is 1. The fourth-order valence-corrected chi connectivity index (χ4v) is 2.98. The Morgan fingerprint density at radius 1 is 1.39 bits per heavy atom. The lowest BCUT2D eigenvalue weighted by Gasteiger charge is -2.20. The summed E-state index contributed by atoms with van der Waals surface area (Å²) in [4.78, 5) is 25.6. The van der Waals surface area contributed by atoms with Crippen molar-refractivity contribution in [2.45, 2.75) is 25.3 Å². The van der Waals surface area contributed by atoms with Gasteiger partial charge in [-0.2, -0.15) is 0 Å². The number of rotatable bonds is 5. The van der Waals surface area contributed by atoms with Crippen LogP contribution in [0.1, 0.15) is 19.3 Å². The second-order valence-corrected chi connectivity index (χ2v) is 6.19. The second-order valence-electron chi connectivity index (χ2n) is 6.19. The lowest BCUT2D eigenvalue weighted by atomic mass is 10.1. The SMILES string of the molecule is NCC(NC(=O)C1CC(=O)N(c2ccc(F)cc2F)C1)C1CC1. The Bertz CT molecular complexity index is 634. The van der Waals surface area contributed by atoms with E-state index in [2.05, 4.69) is 5.32 Å². The molecule has 1 heterocycles. The molecule has 1 aromatic carbocycles. The molecule has 1 aliphatic heterocycles. The standard InChI is InChI=1S/C16H19F2N3O2/c17-11-3-4-14(12(18)6-11)21-8-10(5-15(21)22)16(23)20-13(7-19)9-1-2-9/h3-4,6,9-10,13H,1-2,5,7-8,19H2,(H,20,23). The number of hydrogen-bond acceptors (Lipinski definition) is 3. The number of nitrogens with zero attached hydrogens (tertiary/aromatic N) is 1. The number of nitrogens with two attached hydrogens (primary N) is 1. The van der Waals surface area contributed by atoms with Gasteiger partial charge in [0.1, 0.15) is 11.6 Å². The Morgan fingerprint density at radius 3 is 2.74 bits per heavy atom. The highest BCUT2D eigenvalue weighted by atomic mass is 19.1. The Kier molecular flexibility index (Phi) is 4.30. The smallest absolute Gasteiger partial charge is 0.227 e. The van der Waals surface area contributed by atoms with Gasteiger partial charge in [-0.25, -0.2) is 8.78 Å². The van der Waals surface area contributed by atoms with E-state index in [0.717, 1.165) is 25.0 Å². The van der Waals surface area contributed by atoms with Crippen LogP contribution in [0.25, 0.3) is 0 Å². The van der Waals surface area contributed by atoms with Crippen molar-refractivity contribution in [3.05, 3.63) is 29.8 Å². The number of carbonyl (C=O) groups is 2. The van der Waals surface area contributed by atoms with Gasteiger partial charge in [0.2, 0.25) is 11.8 Å². The van der Waals surface area contributed by atoms with Gasteiger partial charge in [-0.15, -0.1) is 0 Å². The van der Waals surface area contributed by atoms with Crippen molar-refractivity contribution in [2.75, 3.05) is 18.0 Å². The van der Waals surface area contributed by atoms with Gasteiger partial charge in [0, 0.05) is 31.6 Å². The van der Waals surface area contributed by atoms with Crippen molar-refractivity contribution in [1.29, 1.82) is 0 Å². The fraction of sp³-hybridized carbons (Fsp3) is 0.500. The summed E-state index contributed by atoms with van der Waals surface area (Å²) in [5.74, 6) is -2.21. The first-order valence-electron chi connectivity index (χ1n) is 7.75. The molecule has 0 bridgehead atoms. The number of hydrogen-bond donors (Lipinski definition) is 2. The van der Waals surface area contributed by atoms with Crippen molar-refractivity contribution >= 4 is 17.5 Å². The third-order valence-electron chi connectivity index (χ3n) is 4.47. The molecule has 1 saturated heterocycles. The van der Waals surface area contributed by atoms with E-state index in [0.29, 0.717) is 12.5 Å². The predicted molar refractivity (Wildman–Crippen MR) is 80.5 cm³/mol. The van der Waals surface area contributed by atoms with Gasteiger partial charge in [-0.1, -0.05) is 0 Å². The van der Waals surface area contributed by atoms with Crippen LogP contribution in [0.5, 0.6) is 0 Å². The van der Waals surface area contributed by atoms with Crippen LogP contribution in [0.4, 0.5) is 14.5 Å². The normalized spacial score (nSPS) is 22.3. The molecule has 3 rings (SSSR count). The number of nitrogens with one attached hydrogen (secondary N) is 1. The molecule has 2 amide bonds. The van der Waals surface area contributed by atoms with E-state index in [1.54, 1.807) is 0 Å². The quantitative estimate of drug-likeness (QED) is 0.854. The van der Waals surface area contributed by atoms with Gasteiger partial charge in [-0.3, -0.25) is 9.59 Å². The van der Waals surface area contributed by atoms with E-state index in [1.165, 1.54) is 11.0 Å². The molecule has 0 radical (unpaired) electrons. The van der Waals surface area contributed by atoms with Crippen LogP contribution in [0.15, 0.2) is 18.2 Å². The molecular formula is C16H19F2N3O2. The summed E-state index contributed by atoms with van der Waals surface area (Å²) in [6.45, 7) is 0.461. The van der Waals surface area contributed by atoms with E-state index in [4.69, 9.17) is 5.73 Å². The minimum atomic E-state index is -0.808. The van der Waals surface area contributed by atoms with Crippen molar-refractivity contribution in [3.63, 3.8) is 0 Å². The minimum absolute atomic E-state index is 0.00395. The molecule has 1 saturated carbocycles. The maximum atomic E-state index is 13.8. The molecule has 2 fully saturated rings. The Balaban J connectivity index is 1.68. The van der Waals surface area contributed by atoms with Crippen LogP contribution in [-0.2, 0) is 9.59 Å². The summed E-state index contributed by atoms with van der Waals surface area (Å²) < 4.78 is 26.8. The van der Waals surface area contributed by atoms with Crippen LogP contribution in [-0.4, -0.2) is 30.9 Å². The second kappa shape index (κ2) is 6.23. The molecule has 1 aliphatic carbocycles. The fourth-order valence-electron chi connectivity index (χ4n) is 2.98. The van der Waals surface area contributed by atoms with E-state index in [9.17, 15) is 18.4 Å². The maximum absolute atomic E-state index is 13.8. The monoisotopic (exact) mass is 323 g/mol. The van der Waals surface area contributed by atoms with Gasteiger partial charge in [-0.05, 0) is 30.9 Å².